The fourth-order valence-corrected chi connectivity index (χ4v) is 4.37. The number of halogens is 1. The summed E-state index contributed by atoms with van der Waals surface area (Å²) in [5.41, 5.74) is 6.52. The molecule has 1 fully saturated rings. The molecule has 96 valence electrons. The molecule has 1 aromatic rings. The molecule has 3 atom stereocenters. The van der Waals surface area contributed by atoms with Crippen molar-refractivity contribution in [2.45, 2.75) is 51.5 Å². The molecular weight excluding hydrogens is 250 g/mol. The van der Waals surface area contributed by atoms with E-state index in [0.29, 0.717) is 12.0 Å². The van der Waals surface area contributed by atoms with Gasteiger partial charge in [0, 0.05) is 16.3 Å². The topological polar surface area (TPSA) is 26.0 Å². The molecule has 17 heavy (non-hydrogen) atoms. The van der Waals surface area contributed by atoms with Crippen LogP contribution in [0.15, 0.2) is 12.1 Å². The fraction of sp³-hybridized carbons (Fsp3) is 0.714. The van der Waals surface area contributed by atoms with Gasteiger partial charge >= 0.3 is 0 Å². The average molecular weight is 272 g/mol. The molecule has 0 aromatic carbocycles. The molecule has 2 N–H and O–H groups in total. The standard InChI is InChI=1S/C14H22ClNS/c1-9-4-5-10(11(16)8-9)14(2,3)12-6-7-13(15)17-12/h6-7,9-11H,4-5,8,16H2,1-3H3. The molecule has 0 aliphatic heterocycles. The van der Waals surface area contributed by atoms with Gasteiger partial charge in [0.05, 0.1) is 4.34 Å². The van der Waals surface area contributed by atoms with Crippen LogP contribution in [0.1, 0.15) is 44.9 Å². The third kappa shape index (κ3) is 2.69. The summed E-state index contributed by atoms with van der Waals surface area (Å²) in [7, 11) is 0. The van der Waals surface area contributed by atoms with E-state index in [2.05, 4.69) is 26.8 Å². The van der Waals surface area contributed by atoms with E-state index in [1.807, 2.05) is 6.07 Å². The van der Waals surface area contributed by atoms with Gasteiger partial charge in [-0.25, -0.2) is 0 Å². The van der Waals surface area contributed by atoms with Crippen molar-refractivity contribution in [1.82, 2.24) is 0 Å². The maximum absolute atomic E-state index is 6.37. The molecule has 1 aromatic heterocycles. The third-order valence-electron chi connectivity index (χ3n) is 4.30. The molecule has 1 aliphatic rings. The summed E-state index contributed by atoms with van der Waals surface area (Å²) in [5, 5.41) is 0. The van der Waals surface area contributed by atoms with Crippen molar-refractivity contribution in [2.24, 2.45) is 17.6 Å². The van der Waals surface area contributed by atoms with Crippen LogP contribution in [0, 0.1) is 11.8 Å². The van der Waals surface area contributed by atoms with Crippen molar-refractivity contribution in [1.29, 1.82) is 0 Å². The summed E-state index contributed by atoms with van der Waals surface area (Å²) < 4.78 is 0.880. The SMILES string of the molecule is CC1CCC(C(C)(C)c2ccc(Cl)s2)C(N)C1. The van der Waals surface area contributed by atoms with Crippen LogP contribution in [0.5, 0.6) is 0 Å². The Morgan fingerprint density at radius 2 is 2.06 bits per heavy atom. The van der Waals surface area contributed by atoms with Crippen LogP contribution in [0.2, 0.25) is 4.34 Å². The second-order valence-electron chi connectivity index (χ2n) is 6.01. The Bertz CT molecular complexity index is 385. The number of thiophene rings is 1. The van der Waals surface area contributed by atoms with Crippen LogP contribution in [-0.2, 0) is 5.41 Å². The zero-order valence-electron chi connectivity index (χ0n) is 10.9. The predicted molar refractivity (Wildman–Crippen MR) is 76.8 cm³/mol. The molecule has 0 bridgehead atoms. The van der Waals surface area contributed by atoms with Gasteiger partial charge in [-0.3, -0.25) is 0 Å². The lowest BCUT2D eigenvalue weighted by atomic mass is 9.66. The van der Waals surface area contributed by atoms with Crippen molar-refractivity contribution >= 4 is 22.9 Å². The number of hydrogen-bond acceptors (Lipinski definition) is 2. The maximum atomic E-state index is 6.37. The molecule has 0 saturated heterocycles. The smallest absolute Gasteiger partial charge is 0.0931 e. The van der Waals surface area contributed by atoms with E-state index in [-0.39, 0.29) is 5.41 Å². The molecule has 1 heterocycles. The minimum Gasteiger partial charge on any atom is -0.327 e. The minimum atomic E-state index is 0.150. The van der Waals surface area contributed by atoms with Crippen LogP contribution in [0.25, 0.3) is 0 Å². The van der Waals surface area contributed by atoms with Crippen LogP contribution in [-0.4, -0.2) is 6.04 Å². The first-order chi connectivity index (χ1) is 7.91. The second-order valence-corrected chi connectivity index (χ2v) is 7.73. The highest BCUT2D eigenvalue weighted by molar-refractivity contribution is 7.16. The van der Waals surface area contributed by atoms with Crippen molar-refractivity contribution in [2.75, 3.05) is 0 Å². The van der Waals surface area contributed by atoms with Gasteiger partial charge in [0.1, 0.15) is 0 Å². The molecule has 1 saturated carbocycles. The maximum Gasteiger partial charge on any atom is 0.0931 e. The van der Waals surface area contributed by atoms with Gasteiger partial charge < -0.3 is 5.73 Å². The largest absolute Gasteiger partial charge is 0.327 e. The van der Waals surface area contributed by atoms with Crippen molar-refractivity contribution in [3.63, 3.8) is 0 Å². The zero-order valence-corrected chi connectivity index (χ0v) is 12.4. The molecule has 0 amide bonds. The van der Waals surface area contributed by atoms with Crippen molar-refractivity contribution in [3.05, 3.63) is 21.3 Å². The van der Waals surface area contributed by atoms with Gasteiger partial charge in [-0.2, -0.15) is 0 Å². The van der Waals surface area contributed by atoms with Crippen LogP contribution in [0.3, 0.4) is 0 Å². The lowest BCUT2D eigenvalue weighted by molar-refractivity contribution is 0.173. The highest BCUT2D eigenvalue weighted by Gasteiger charge is 2.39. The van der Waals surface area contributed by atoms with Crippen LogP contribution in [0.4, 0.5) is 0 Å². The number of nitrogens with two attached hydrogens (primary N) is 1. The van der Waals surface area contributed by atoms with Gasteiger partial charge in [-0.05, 0) is 36.8 Å². The summed E-state index contributed by atoms with van der Waals surface area (Å²) >= 11 is 7.75. The van der Waals surface area contributed by atoms with Gasteiger partial charge in [-0.15, -0.1) is 11.3 Å². The second kappa shape index (κ2) is 4.91. The molecule has 3 unspecified atom stereocenters. The Morgan fingerprint density at radius 3 is 2.59 bits per heavy atom. The van der Waals surface area contributed by atoms with E-state index in [1.165, 1.54) is 17.7 Å². The Labute approximate surface area is 113 Å². The summed E-state index contributed by atoms with van der Waals surface area (Å²) in [6.07, 6.45) is 3.71. The molecule has 0 radical (unpaired) electrons. The van der Waals surface area contributed by atoms with Gasteiger partial charge in [-0.1, -0.05) is 38.8 Å². The fourth-order valence-electron chi connectivity index (χ4n) is 3.16. The van der Waals surface area contributed by atoms with Crippen LogP contribution >= 0.6 is 22.9 Å². The van der Waals surface area contributed by atoms with Crippen LogP contribution < -0.4 is 5.73 Å². The molecule has 1 nitrogen and oxygen atoms in total. The highest BCUT2D eigenvalue weighted by Crippen LogP contribution is 2.44. The van der Waals surface area contributed by atoms with E-state index in [1.54, 1.807) is 11.3 Å². The normalized spacial score (nSPS) is 30.5. The number of hydrogen-bond donors (Lipinski definition) is 1. The van der Waals surface area contributed by atoms with Crippen molar-refractivity contribution < 1.29 is 0 Å². The summed E-state index contributed by atoms with van der Waals surface area (Å²) in [5.74, 6) is 1.36. The van der Waals surface area contributed by atoms with Crippen molar-refractivity contribution in [3.8, 4) is 0 Å². The lowest BCUT2D eigenvalue weighted by Crippen LogP contribution is -2.45. The van der Waals surface area contributed by atoms with E-state index < -0.39 is 0 Å². The lowest BCUT2D eigenvalue weighted by Gasteiger charge is -2.42. The van der Waals surface area contributed by atoms with Gasteiger partial charge in [0.15, 0.2) is 0 Å². The Balaban J connectivity index is 2.20. The predicted octanol–water partition coefficient (Wildman–Crippen LogP) is 4.44. The van der Waals surface area contributed by atoms with Gasteiger partial charge in [0.2, 0.25) is 0 Å². The monoisotopic (exact) mass is 271 g/mol. The van der Waals surface area contributed by atoms with Gasteiger partial charge in [0.25, 0.3) is 0 Å². The number of rotatable bonds is 2. The third-order valence-corrected chi connectivity index (χ3v) is 5.87. The molecule has 1 aliphatic carbocycles. The average Bonchev–Trinajstić information content (AvgIpc) is 2.64. The summed E-state index contributed by atoms with van der Waals surface area (Å²) in [6.45, 7) is 6.94. The van der Waals surface area contributed by atoms with E-state index in [4.69, 9.17) is 17.3 Å². The first-order valence-corrected chi connectivity index (χ1v) is 7.62. The highest BCUT2D eigenvalue weighted by atomic mass is 35.5. The Kier molecular flexibility index (Phi) is 3.86. The minimum absolute atomic E-state index is 0.150. The molecule has 3 heteroatoms. The van der Waals surface area contributed by atoms with E-state index in [0.717, 1.165) is 16.7 Å². The quantitative estimate of drug-likeness (QED) is 0.845. The molecular formula is C14H22ClNS. The summed E-state index contributed by atoms with van der Waals surface area (Å²) in [6, 6.07) is 4.49. The first-order valence-electron chi connectivity index (χ1n) is 6.42. The molecule has 2 rings (SSSR count). The van der Waals surface area contributed by atoms with E-state index >= 15 is 0 Å². The first kappa shape index (κ1) is 13.4. The Hall–Kier alpha value is -0.0500. The zero-order chi connectivity index (χ0) is 12.6. The van der Waals surface area contributed by atoms with E-state index in [9.17, 15) is 0 Å². The summed E-state index contributed by atoms with van der Waals surface area (Å²) in [4.78, 5) is 1.37. The Morgan fingerprint density at radius 1 is 1.35 bits per heavy atom. The molecule has 0 spiro atoms.